The Morgan fingerprint density at radius 2 is 2.00 bits per heavy atom. The summed E-state index contributed by atoms with van der Waals surface area (Å²) < 4.78 is 47.1. The highest BCUT2D eigenvalue weighted by Gasteiger charge is 2.54. The molecular formula is C22H24F3N7O3. The lowest BCUT2D eigenvalue weighted by atomic mass is 9.86. The molecule has 1 saturated heterocycles. The molecule has 0 aliphatic carbocycles. The number of likely N-dealkylation sites (tertiary alicyclic amines) is 1. The zero-order chi connectivity index (χ0) is 25.6. The van der Waals surface area contributed by atoms with Crippen molar-refractivity contribution in [2.75, 3.05) is 11.9 Å². The number of aromatic nitrogens is 4. The van der Waals surface area contributed by atoms with Crippen molar-refractivity contribution in [2.24, 2.45) is 11.7 Å². The number of carbonyl (C=O) groups excluding carboxylic acids is 2. The minimum absolute atomic E-state index is 0.0214. The number of rotatable bonds is 3. The van der Waals surface area contributed by atoms with Crippen LogP contribution in [0.25, 0.3) is 5.65 Å². The smallest absolute Gasteiger partial charge is 0.417 e. The number of ether oxygens (including phenoxy) is 1. The molecule has 3 N–H and O–H groups in total. The van der Waals surface area contributed by atoms with Crippen molar-refractivity contribution in [2.45, 2.75) is 44.6 Å². The molecule has 186 valence electrons. The van der Waals surface area contributed by atoms with Gasteiger partial charge in [0, 0.05) is 30.7 Å². The third-order valence-corrected chi connectivity index (χ3v) is 5.57. The van der Waals surface area contributed by atoms with Crippen LogP contribution in [0, 0.1) is 5.92 Å². The Labute approximate surface area is 198 Å². The summed E-state index contributed by atoms with van der Waals surface area (Å²) in [5.41, 5.74) is 3.07. The summed E-state index contributed by atoms with van der Waals surface area (Å²) in [5, 5.41) is 6.72. The number of nitrogens with one attached hydrogen (secondary N) is 1. The molecule has 35 heavy (non-hydrogen) atoms. The first kappa shape index (κ1) is 24.4. The number of nitrogens with zero attached hydrogens (tertiary/aromatic N) is 5. The lowest BCUT2D eigenvalue weighted by molar-refractivity contribution is -0.138. The largest absolute Gasteiger partial charge is 0.444 e. The van der Waals surface area contributed by atoms with Crippen molar-refractivity contribution < 1.29 is 27.5 Å². The van der Waals surface area contributed by atoms with E-state index in [1.165, 1.54) is 10.7 Å². The van der Waals surface area contributed by atoms with Crippen LogP contribution in [0.5, 0.6) is 0 Å². The molecule has 0 aromatic carbocycles. The first-order valence-electron chi connectivity index (χ1n) is 10.7. The van der Waals surface area contributed by atoms with E-state index in [1.54, 1.807) is 39.1 Å². The van der Waals surface area contributed by atoms with Crippen molar-refractivity contribution >= 4 is 23.5 Å². The third-order valence-electron chi connectivity index (χ3n) is 5.57. The molecule has 10 nitrogen and oxygen atoms in total. The second-order valence-corrected chi connectivity index (χ2v) is 9.20. The van der Waals surface area contributed by atoms with Gasteiger partial charge in [-0.15, -0.1) is 0 Å². The molecule has 2 unspecified atom stereocenters. The van der Waals surface area contributed by atoms with Crippen molar-refractivity contribution in [3.05, 3.63) is 54.1 Å². The van der Waals surface area contributed by atoms with Gasteiger partial charge in [-0.2, -0.15) is 18.3 Å². The fraction of sp³-hybridized carbons (Fsp3) is 0.409. The molecule has 0 saturated carbocycles. The fourth-order valence-corrected chi connectivity index (χ4v) is 4.02. The van der Waals surface area contributed by atoms with Gasteiger partial charge < -0.3 is 15.8 Å². The average molecular weight is 491 g/mol. The molecule has 2 amide bonds. The van der Waals surface area contributed by atoms with Gasteiger partial charge in [-0.25, -0.2) is 14.3 Å². The molecule has 1 aliphatic heterocycles. The topological polar surface area (TPSA) is 128 Å². The highest BCUT2D eigenvalue weighted by molar-refractivity contribution is 5.94. The zero-order valence-corrected chi connectivity index (χ0v) is 19.2. The van der Waals surface area contributed by atoms with Crippen molar-refractivity contribution in [1.82, 2.24) is 24.5 Å². The van der Waals surface area contributed by atoms with Gasteiger partial charge in [0.25, 0.3) is 0 Å². The highest BCUT2D eigenvalue weighted by atomic mass is 19.4. The van der Waals surface area contributed by atoms with Crippen molar-refractivity contribution in [3.63, 3.8) is 0 Å². The predicted molar refractivity (Wildman–Crippen MR) is 118 cm³/mol. The number of hydrogen-bond donors (Lipinski definition) is 2. The number of hydrogen-bond acceptors (Lipinski definition) is 7. The van der Waals surface area contributed by atoms with Crippen LogP contribution in [-0.2, 0) is 21.4 Å². The van der Waals surface area contributed by atoms with Gasteiger partial charge in [-0.1, -0.05) is 0 Å². The fourth-order valence-electron chi connectivity index (χ4n) is 4.02. The van der Waals surface area contributed by atoms with E-state index in [0.717, 1.165) is 17.2 Å². The number of pyridine rings is 1. The number of alkyl halides is 3. The molecule has 4 rings (SSSR count). The van der Waals surface area contributed by atoms with Gasteiger partial charge >= 0.3 is 12.3 Å². The van der Waals surface area contributed by atoms with Gasteiger partial charge in [-0.05, 0) is 45.4 Å². The summed E-state index contributed by atoms with van der Waals surface area (Å²) >= 11 is 0. The van der Waals surface area contributed by atoms with E-state index in [9.17, 15) is 22.8 Å². The van der Waals surface area contributed by atoms with Crippen LogP contribution in [-0.4, -0.2) is 48.6 Å². The molecule has 3 aromatic heterocycles. The maximum atomic E-state index is 13.4. The lowest BCUT2D eigenvalue weighted by Gasteiger charge is -2.39. The SMILES string of the molecule is CC(C)(C)OC(=O)N1CCC(C(=O)Nc2cn3ncccc3n2)C1(N)c1cncc(C(F)(F)F)c1. The van der Waals surface area contributed by atoms with Crippen LogP contribution in [0.3, 0.4) is 0 Å². The van der Waals surface area contributed by atoms with Crippen molar-refractivity contribution in [3.8, 4) is 0 Å². The van der Waals surface area contributed by atoms with Crippen LogP contribution in [0.4, 0.5) is 23.8 Å². The molecule has 1 fully saturated rings. The van der Waals surface area contributed by atoms with E-state index in [-0.39, 0.29) is 24.3 Å². The Morgan fingerprint density at radius 1 is 1.26 bits per heavy atom. The van der Waals surface area contributed by atoms with E-state index >= 15 is 0 Å². The van der Waals surface area contributed by atoms with Gasteiger partial charge in [0.1, 0.15) is 11.3 Å². The number of anilines is 1. The van der Waals surface area contributed by atoms with Gasteiger partial charge in [0.05, 0.1) is 17.7 Å². The summed E-state index contributed by atoms with van der Waals surface area (Å²) in [4.78, 5) is 35.3. The predicted octanol–water partition coefficient (Wildman–Crippen LogP) is 3.15. The van der Waals surface area contributed by atoms with E-state index in [4.69, 9.17) is 10.5 Å². The number of nitrogens with two attached hydrogens (primary N) is 1. The van der Waals surface area contributed by atoms with Gasteiger partial charge in [-0.3, -0.25) is 14.7 Å². The molecule has 0 radical (unpaired) electrons. The van der Waals surface area contributed by atoms with Crippen LogP contribution in [0.15, 0.2) is 43.0 Å². The number of carbonyl (C=O) groups is 2. The molecule has 13 heteroatoms. The molecule has 1 aliphatic rings. The van der Waals surface area contributed by atoms with E-state index in [1.807, 2.05) is 0 Å². The molecular weight excluding hydrogens is 467 g/mol. The quantitative estimate of drug-likeness (QED) is 0.576. The number of fused-ring (bicyclic) bond motifs is 1. The van der Waals surface area contributed by atoms with Gasteiger partial charge in [0.15, 0.2) is 11.5 Å². The molecule has 4 heterocycles. The maximum absolute atomic E-state index is 13.4. The van der Waals surface area contributed by atoms with Crippen molar-refractivity contribution in [1.29, 1.82) is 0 Å². The molecule has 3 aromatic rings. The Bertz CT molecular complexity index is 1240. The monoisotopic (exact) mass is 491 g/mol. The van der Waals surface area contributed by atoms with E-state index in [0.29, 0.717) is 11.8 Å². The normalized spacial score (nSPS) is 20.8. The van der Waals surface area contributed by atoms with Crippen LogP contribution >= 0.6 is 0 Å². The lowest BCUT2D eigenvalue weighted by Crippen LogP contribution is -2.58. The molecule has 2 atom stereocenters. The highest BCUT2D eigenvalue weighted by Crippen LogP contribution is 2.42. The number of imidazole rings is 1. The number of amides is 2. The zero-order valence-electron chi connectivity index (χ0n) is 19.2. The molecule has 0 spiro atoms. The Hall–Kier alpha value is -3.74. The number of halogens is 3. The summed E-state index contributed by atoms with van der Waals surface area (Å²) in [6, 6.07) is 4.16. The minimum atomic E-state index is -4.70. The summed E-state index contributed by atoms with van der Waals surface area (Å²) in [5.74, 6) is -1.58. The minimum Gasteiger partial charge on any atom is -0.444 e. The second kappa shape index (κ2) is 8.48. The van der Waals surface area contributed by atoms with Crippen LogP contribution in [0.2, 0.25) is 0 Å². The van der Waals surface area contributed by atoms with Crippen LogP contribution < -0.4 is 11.1 Å². The third kappa shape index (κ3) is 4.76. The van der Waals surface area contributed by atoms with Crippen LogP contribution in [0.1, 0.15) is 38.3 Å². The Kier molecular flexibility index (Phi) is 5.91. The summed E-state index contributed by atoms with van der Waals surface area (Å²) in [7, 11) is 0. The first-order valence-corrected chi connectivity index (χ1v) is 10.7. The standard InChI is InChI=1S/C22H24F3N7O3/c1-20(2,3)35-19(34)31-8-6-15(18(33)30-16-12-32-17(29-16)5-4-7-28-32)21(31,26)13-9-14(11-27-10-13)22(23,24)25/h4-5,7,9-12,15H,6,8,26H2,1-3H3,(H,30,33). The first-order chi connectivity index (χ1) is 16.3. The maximum Gasteiger partial charge on any atom is 0.417 e. The summed E-state index contributed by atoms with van der Waals surface area (Å²) in [6.07, 6.45) is -0.686. The molecule has 0 bridgehead atoms. The second-order valence-electron chi connectivity index (χ2n) is 9.20. The van der Waals surface area contributed by atoms with Gasteiger partial charge in [0.2, 0.25) is 5.91 Å². The summed E-state index contributed by atoms with van der Waals surface area (Å²) in [6.45, 7) is 4.92. The Morgan fingerprint density at radius 3 is 2.66 bits per heavy atom. The Balaban J connectivity index is 1.72. The van der Waals surface area contributed by atoms with E-state index < -0.39 is 40.9 Å². The van der Waals surface area contributed by atoms with E-state index in [2.05, 4.69) is 20.4 Å². The average Bonchev–Trinajstić information content (AvgIpc) is 3.33.